The van der Waals surface area contributed by atoms with Crippen molar-refractivity contribution in [2.45, 2.75) is 18.6 Å². The van der Waals surface area contributed by atoms with Crippen LogP contribution >= 0.6 is 23.5 Å². The number of carboxylic acid groups (broad SMARTS) is 1. The maximum Gasteiger partial charge on any atom is 0.313 e. The van der Waals surface area contributed by atoms with E-state index in [0.29, 0.717) is 5.16 Å². The number of aryl methyl sites for hydroxylation is 1. The average molecular weight is 302 g/mol. The van der Waals surface area contributed by atoms with Gasteiger partial charge in [-0.1, -0.05) is 11.8 Å². The summed E-state index contributed by atoms with van der Waals surface area (Å²) in [5.74, 6) is 2.44. The molecule has 0 bridgehead atoms. The fourth-order valence-corrected chi connectivity index (χ4v) is 3.63. The first-order chi connectivity index (χ1) is 9.16. The van der Waals surface area contributed by atoms with Gasteiger partial charge in [0, 0.05) is 37.7 Å². The fraction of sp³-hybridized carbons (Fsp3) is 0.727. The molecular formula is C11H18N4O2S2. The molecule has 1 aromatic heterocycles. The summed E-state index contributed by atoms with van der Waals surface area (Å²) in [5, 5.41) is 17.5. The normalized spacial score (nSPS) is 16.7. The van der Waals surface area contributed by atoms with Gasteiger partial charge < -0.3 is 9.67 Å². The Morgan fingerprint density at radius 3 is 2.79 bits per heavy atom. The standard InChI is InChI=1S/C11H18N4O2S2/c1-9-12-13-11(19-8-10(16)17)15(9)3-2-14-4-6-18-7-5-14/h2-8H2,1H3,(H,16,17). The molecule has 1 aliphatic heterocycles. The lowest BCUT2D eigenvalue weighted by molar-refractivity contribution is -0.133. The number of rotatable bonds is 6. The highest BCUT2D eigenvalue weighted by Crippen LogP contribution is 2.17. The minimum atomic E-state index is -0.828. The van der Waals surface area contributed by atoms with Crippen LogP contribution in [0.2, 0.25) is 0 Å². The summed E-state index contributed by atoms with van der Waals surface area (Å²) in [6.07, 6.45) is 0. The van der Waals surface area contributed by atoms with Gasteiger partial charge in [-0.05, 0) is 6.92 Å². The molecule has 0 amide bonds. The SMILES string of the molecule is Cc1nnc(SCC(=O)O)n1CCN1CCSCC1. The van der Waals surface area contributed by atoms with E-state index in [4.69, 9.17) is 5.11 Å². The summed E-state index contributed by atoms with van der Waals surface area (Å²) in [4.78, 5) is 13.0. The van der Waals surface area contributed by atoms with E-state index in [1.807, 2.05) is 23.3 Å². The van der Waals surface area contributed by atoms with Crippen LogP contribution in [0.15, 0.2) is 5.16 Å². The quantitative estimate of drug-likeness (QED) is 0.780. The Bertz CT molecular complexity index is 432. The van der Waals surface area contributed by atoms with Crippen molar-refractivity contribution in [2.24, 2.45) is 0 Å². The van der Waals surface area contributed by atoms with Crippen molar-refractivity contribution >= 4 is 29.5 Å². The Balaban J connectivity index is 1.90. The number of aromatic nitrogens is 3. The van der Waals surface area contributed by atoms with E-state index < -0.39 is 5.97 Å². The zero-order valence-corrected chi connectivity index (χ0v) is 12.5. The van der Waals surface area contributed by atoms with Gasteiger partial charge in [0.15, 0.2) is 5.16 Å². The molecule has 1 fully saturated rings. The van der Waals surface area contributed by atoms with E-state index in [-0.39, 0.29) is 5.75 Å². The van der Waals surface area contributed by atoms with E-state index in [1.165, 1.54) is 23.3 Å². The van der Waals surface area contributed by atoms with Crippen LogP contribution < -0.4 is 0 Å². The highest BCUT2D eigenvalue weighted by molar-refractivity contribution is 7.99. The number of hydrogen-bond donors (Lipinski definition) is 1. The fourth-order valence-electron chi connectivity index (χ4n) is 1.92. The summed E-state index contributed by atoms with van der Waals surface area (Å²) in [6.45, 7) is 5.96. The Kier molecular flexibility index (Phi) is 5.53. The van der Waals surface area contributed by atoms with Gasteiger partial charge in [0.2, 0.25) is 0 Å². The Morgan fingerprint density at radius 1 is 1.37 bits per heavy atom. The van der Waals surface area contributed by atoms with Crippen LogP contribution in [0, 0.1) is 6.92 Å². The summed E-state index contributed by atoms with van der Waals surface area (Å²) < 4.78 is 2.01. The van der Waals surface area contributed by atoms with Crippen LogP contribution in [-0.4, -0.2) is 67.6 Å². The lowest BCUT2D eigenvalue weighted by Crippen LogP contribution is -2.35. The Morgan fingerprint density at radius 2 is 2.11 bits per heavy atom. The molecule has 1 aromatic rings. The molecule has 6 nitrogen and oxygen atoms in total. The van der Waals surface area contributed by atoms with E-state index in [9.17, 15) is 4.79 Å². The highest BCUT2D eigenvalue weighted by Gasteiger charge is 2.14. The summed E-state index contributed by atoms with van der Waals surface area (Å²) in [5.41, 5.74) is 0. The lowest BCUT2D eigenvalue weighted by Gasteiger charge is -2.26. The highest BCUT2D eigenvalue weighted by atomic mass is 32.2. The molecule has 1 N–H and O–H groups in total. The largest absolute Gasteiger partial charge is 0.481 e. The first-order valence-electron chi connectivity index (χ1n) is 6.21. The predicted octanol–water partition coefficient (Wildman–Crippen LogP) is 0.812. The minimum absolute atomic E-state index is 0.0263. The number of nitrogens with zero attached hydrogens (tertiary/aromatic N) is 4. The summed E-state index contributed by atoms with van der Waals surface area (Å²) in [6, 6.07) is 0. The van der Waals surface area contributed by atoms with E-state index in [0.717, 1.165) is 32.0 Å². The van der Waals surface area contributed by atoms with Crippen molar-refractivity contribution < 1.29 is 9.90 Å². The molecule has 0 aliphatic carbocycles. The van der Waals surface area contributed by atoms with Gasteiger partial charge in [-0.15, -0.1) is 10.2 Å². The van der Waals surface area contributed by atoms with Crippen LogP contribution in [0.1, 0.15) is 5.82 Å². The molecule has 2 rings (SSSR count). The maximum absolute atomic E-state index is 10.6. The zero-order valence-electron chi connectivity index (χ0n) is 10.9. The Labute approximate surface area is 120 Å². The molecule has 0 unspecified atom stereocenters. The number of aliphatic carboxylic acids is 1. The van der Waals surface area contributed by atoms with Crippen molar-refractivity contribution in [3.05, 3.63) is 5.82 Å². The first kappa shape index (κ1) is 14.7. The van der Waals surface area contributed by atoms with Gasteiger partial charge >= 0.3 is 5.97 Å². The second-order valence-electron chi connectivity index (χ2n) is 4.32. The van der Waals surface area contributed by atoms with Gasteiger partial charge in [-0.3, -0.25) is 9.69 Å². The monoisotopic (exact) mass is 302 g/mol. The third-order valence-corrected chi connectivity index (χ3v) is 4.86. The van der Waals surface area contributed by atoms with Crippen LogP contribution in [-0.2, 0) is 11.3 Å². The van der Waals surface area contributed by atoms with Crippen LogP contribution in [0.25, 0.3) is 0 Å². The van der Waals surface area contributed by atoms with Gasteiger partial charge in [0.25, 0.3) is 0 Å². The average Bonchev–Trinajstić information content (AvgIpc) is 2.76. The van der Waals surface area contributed by atoms with E-state index >= 15 is 0 Å². The molecule has 1 saturated heterocycles. The first-order valence-corrected chi connectivity index (χ1v) is 8.35. The number of carboxylic acids is 1. The van der Waals surface area contributed by atoms with Gasteiger partial charge in [0.1, 0.15) is 5.82 Å². The molecular weight excluding hydrogens is 284 g/mol. The van der Waals surface area contributed by atoms with Crippen molar-refractivity contribution in [1.82, 2.24) is 19.7 Å². The molecule has 19 heavy (non-hydrogen) atoms. The van der Waals surface area contributed by atoms with Crippen LogP contribution in [0.5, 0.6) is 0 Å². The summed E-state index contributed by atoms with van der Waals surface area (Å²) in [7, 11) is 0. The second-order valence-corrected chi connectivity index (χ2v) is 6.49. The maximum atomic E-state index is 10.6. The Hall–Kier alpha value is -0.730. The van der Waals surface area contributed by atoms with Crippen LogP contribution in [0.4, 0.5) is 0 Å². The van der Waals surface area contributed by atoms with E-state index in [2.05, 4.69) is 15.1 Å². The smallest absolute Gasteiger partial charge is 0.313 e. The molecule has 8 heteroatoms. The van der Waals surface area contributed by atoms with Crippen molar-refractivity contribution in [2.75, 3.05) is 36.9 Å². The third-order valence-electron chi connectivity index (χ3n) is 2.97. The molecule has 0 atom stereocenters. The minimum Gasteiger partial charge on any atom is -0.481 e. The van der Waals surface area contributed by atoms with Crippen molar-refractivity contribution in [1.29, 1.82) is 0 Å². The predicted molar refractivity (Wildman–Crippen MR) is 76.9 cm³/mol. The van der Waals surface area contributed by atoms with Crippen LogP contribution in [0.3, 0.4) is 0 Å². The van der Waals surface area contributed by atoms with Gasteiger partial charge in [-0.25, -0.2) is 0 Å². The molecule has 2 heterocycles. The third kappa shape index (κ3) is 4.39. The molecule has 106 valence electrons. The number of thioether (sulfide) groups is 2. The van der Waals surface area contributed by atoms with E-state index in [1.54, 1.807) is 0 Å². The van der Waals surface area contributed by atoms with Crippen molar-refractivity contribution in [3.63, 3.8) is 0 Å². The zero-order chi connectivity index (χ0) is 13.7. The molecule has 0 saturated carbocycles. The number of carbonyl (C=O) groups is 1. The van der Waals surface area contributed by atoms with Gasteiger partial charge in [-0.2, -0.15) is 11.8 Å². The number of hydrogen-bond acceptors (Lipinski definition) is 6. The topological polar surface area (TPSA) is 71.2 Å². The molecule has 0 radical (unpaired) electrons. The lowest BCUT2D eigenvalue weighted by atomic mass is 10.4. The molecule has 0 spiro atoms. The summed E-state index contributed by atoms with van der Waals surface area (Å²) >= 11 is 3.23. The van der Waals surface area contributed by atoms with Gasteiger partial charge in [0.05, 0.1) is 5.75 Å². The molecule has 1 aliphatic rings. The second kappa shape index (κ2) is 7.16. The molecule has 0 aromatic carbocycles. The van der Waals surface area contributed by atoms with Crippen molar-refractivity contribution in [3.8, 4) is 0 Å².